The standard InChI is InChI=1S/C15H16N2O3/c1-9-13(10(2)18)14(12-7-5-4-6-8-12)17(11(3)19)15(20)16-9/h4-8,14H,1-3H3,(H,16,20). The van der Waals surface area contributed by atoms with Gasteiger partial charge in [0.05, 0.1) is 6.04 Å². The van der Waals surface area contributed by atoms with Crippen LogP contribution in [0.5, 0.6) is 0 Å². The van der Waals surface area contributed by atoms with E-state index in [9.17, 15) is 14.4 Å². The van der Waals surface area contributed by atoms with E-state index < -0.39 is 18.0 Å². The molecule has 0 spiro atoms. The lowest BCUT2D eigenvalue weighted by Gasteiger charge is -2.35. The van der Waals surface area contributed by atoms with Crippen molar-refractivity contribution < 1.29 is 14.4 Å². The van der Waals surface area contributed by atoms with Crippen LogP contribution in [0.3, 0.4) is 0 Å². The maximum atomic E-state index is 12.0. The second kappa shape index (κ2) is 5.28. The Kier molecular flexibility index (Phi) is 3.70. The number of amides is 3. The van der Waals surface area contributed by atoms with E-state index in [-0.39, 0.29) is 5.78 Å². The summed E-state index contributed by atoms with van der Waals surface area (Å²) < 4.78 is 0. The van der Waals surface area contributed by atoms with Crippen LogP contribution in [-0.2, 0) is 9.59 Å². The van der Waals surface area contributed by atoms with Crippen LogP contribution in [0, 0.1) is 0 Å². The molecule has 0 bridgehead atoms. The molecule has 1 aliphatic rings. The molecule has 1 aromatic rings. The molecule has 20 heavy (non-hydrogen) atoms. The number of urea groups is 1. The number of hydrogen-bond donors (Lipinski definition) is 1. The zero-order valence-electron chi connectivity index (χ0n) is 11.6. The molecule has 0 fully saturated rings. The molecule has 1 aliphatic heterocycles. The zero-order valence-corrected chi connectivity index (χ0v) is 11.6. The molecule has 5 heteroatoms. The maximum absolute atomic E-state index is 12.0. The molecule has 104 valence electrons. The predicted molar refractivity (Wildman–Crippen MR) is 73.6 cm³/mol. The van der Waals surface area contributed by atoms with Crippen molar-refractivity contribution in [3.8, 4) is 0 Å². The third-order valence-corrected chi connectivity index (χ3v) is 3.28. The summed E-state index contributed by atoms with van der Waals surface area (Å²) in [4.78, 5) is 36.8. The summed E-state index contributed by atoms with van der Waals surface area (Å²) in [5.74, 6) is -0.565. The minimum absolute atomic E-state index is 0.164. The predicted octanol–water partition coefficient (Wildman–Crippen LogP) is 2.16. The average Bonchev–Trinajstić information content (AvgIpc) is 2.37. The molecule has 2 rings (SSSR count). The summed E-state index contributed by atoms with van der Waals surface area (Å²) in [6.07, 6.45) is 0. The fourth-order valence-corrected chi connectivity index (χ4v) is 2.47. The Labute approximate surface area is 117 Å². The van der Waals surface area contributed by atoms with Crippen molar-refractivity contribution in [2.45, 2.75) is 26.8 Å². The Morgan fingerprint density at radius 2 is 1.75 bits per heavy atom. The summed E-state index contributed by atoms with van der Waals surface area (Å²) in [5.41, 5.74) is 1.67. The van der Waals surface area contributed by atoms with Gasteiger partial charge in [-0.2, -0.15) is 0 Å². The van der Waals surface area contributed by atoms with E-state index in [0.717, 1.165) is 10.5 Å². The second-order valence-electron chi connectivity index (χ2n) is 4.73. The summed E-state index contributed by atoms with van der Waals surface area (Å²) in [6.45, 7) is 4.42. The molecule has 1 N–H and O–H groups in total. The molecule has 3 amide bonds. The van der Waals surface area contributed by atoms with Gasteiger partial charge in [-0.3, -0.25) is 14.5 Å². The molecule has 0 radical (unpaired) electrons. The molecule has 5 nitrogen and oxygen atoms in total. The van der Waals surface area contributed by atoms with Crippen LogP contribution >= 0.6 is 0 Å². The van der Waals surface area contributed by atoms with Crippen LogP contribution in [0.25, 0.3) is 0 Å². The van der Waals surface area contributed by atoms with E-state index in [2.05, 4.69) is 5.32 Å². The van der Waals surface area contributed by atoms with Gasteiger partial charge in [-0.15, -0.1) is 0 Å². The number of imide groups is 1. The molecule has 1 heterocycles. The lowest BCUT2D eigenvalue weighted by atomic mass is 9.91. The van der Waals surface area contributed by atoms with E-state index in [0.29, 0.717) is 11.3 Å². The van der Waals surface area contributed by atoms with Crippen molar-refractivity contribution >= 4 is 17.7 Å². The number of nitrogens with one attached hydrogen (secondary N) is 1. The number of carbonyl (C=O) groups is 3. The summed E-state index contributed by atoms with van der Waals surface area (Å²) >= 11 is 0. The molecule has 1 aromatic carbocycles. The Hall–Kier alpha value is -2.43. The molecule has 0 aliphatic carbocycles. The fraction of sp³-hybridized carbons (Fsp3) is 0.267. The van der Waals surface area contributed by atoms with Gasteiger partial charge < -0.3 is 5.32 Å². The van der Waals surface area contributed by atoms with Crippen LogP contribution in [0.4, 0.5) is 4.79 Å². The van der Waals surface area contributed by atoms with E-state index >= 15 is 0 Å². The molecule has 0 saturated carbocycles. The summed E-state index contributed by atoms with van der Waals surface area (Å²) in [6, 6.07) is 7.90. The van der Waals surface area contributed by atoms with Gasteiger partial charge in [0.2, 0.25) is 5.91 Å². The van der Waals surface area contributed by atoms with Gasteiger partial charge in [0.25, 0.3) is 0 Å². The van der Waals surface area contributed by atoms with E-state index in [4.69, 9.17) is 0 Å². The average molecular weight is 272 g/mol. The Bertz CT molecular complexity index is 605. The molecular formula is C15H16N2O3. The lowest BCUT2D eigenvalue weighted by Crippen LogP contribution is -2.50. The van der Waals surface area contributed by atoms with Crippen LogP contribution in [0.1, 0.15) is 32.4 Å². The Balaban J connectivity index is 2.64. The number of Topliss-reactive ketones (excluding diaryl/α,β-unsaturated/α-hetero) is 1. The van der Waals surface area contributed by atoms with Crippen molar-refractivity contribution in [2.24, 2.45) is 0 Å². The van der Waals surface area contributed by atoms with Crippen LogP contribution in [0.15, 0.2) is 41.6 Å². The lowest BCUT2D eigenvalue weighted by molar-refractivity contribution is -0.127. The number of carbonyl (C=O) groups excluding carboxylic acids is 3. The van der Waals surface area contributed by atoms with Gasteiger partial charge in [0.1, 0.15) is 0 Å². The van der Waals surface area contributed by atoms with E-state index in [1.807, 2.05) is 18.2 Å². The fourth-order valence-electron chi connectivity index (χ4n) is 2.47. The van der Waals surface area contributed by atoms with Crippen molar-refractivity contribution in [3.63, 3.8) is 0 Å². The number of benzene rings is 1. The number of allylic oxidation sites excluding steroid dienone is 1. The van der Waals surface area contributed by atoms with E-state index in [1.165, 1.54) is 13.8 Å². The highest BCUT2D eigenvalue weighted by molar-refractivity contribution is 6.03. The number of ketones is 1. The first-order valence-electron chi connectivity index (χ1n) is 6.31. The minimum atomic E-state index is -0.667. The molecule has 1 atom stereocenters. The minimum Gasteiger partial charge on any atom is -0.311 e. The molecular weight excluding hydrogens is 256 g/mol. The number of nitrogens with zero attached hydrogens (tertiary/aromatic N) is 1. The SMILES string of the molecule is CC(=O)C1=C(C)NC(=O)N(C(C)=O)C1c1ccccc1. The first-order chi connectivity index (χ1) is 9.43. The third kappa shape index (κ3) is 2.34. The van der Waals surface area contributed by atoms with Gasteiger partial charge in [0.15, 0.2) is 5.78 Å². The highest BCUT2D eigenvalue weighted by Gasteiger charge is 2.38. The topological polar surface area (TPSA) is 66.5 Å². The Morgan fingerprint density at radius 3 is 2.25 bits per heavy atom. The van der Waals surface area contributed by atoms with Crippen molar-refractivity contribution in [2.75, 3.05) is 0 Å². The van der Waals surface area contributed by atoms with Gasteiger partial charge in [-0.25, -0.2) is 4.79 Å². The van der Waals surface area contributed by atoms with Gasteiger partial charge in [-0.05, 0) is 19.4 Å². The van der Waals surface area contributed by atoms with Crippen LogP contribution < -0.4 is 5.32 Å². The largest absolute Gasteiger partial charge is 0.329 e. The normalized spacial score (nSPS) is 18.9. The van der Waals surface area contributed by atoms with E-state index in [1.54, 1.807) is 19.1 Å². The molecule has 1 unspecified atom stereocenters. The monoisotopic (exact) mass is 272 g/mol. The third-order valence-electron chi connectivity index (χ3n) is 3.28. The van der Waals surface area contributed by atoms with Gasteiger partial charge >= 0.3 is 6.03 Å². The quantitative estimate of drug-likeness (QED) is 0.897. The van der Waals surface area contributed by atoms with Gasteiger partial charge in [-0.1, -0.05) is 30.3 Å². The van der Waals surface area contributed by atoms with Crippen LogP contribution in [0.2, 0.25) is 0 Å². The van der Waals surface area contributed by atoms with Crippen molar-refractivity contribution in [3.05, 3.63) is 47.2 Å². The second-order valence-corrected chi connectivity index (χ2v) is 4.73. The maximum Gasteiger partial charge on any atom is 0.329 e. The van der Waals surface area contributed by atoms with Crippen molar-refractivity contribution in [1.82, 2.24) is 10.2 Å². The summed E-state index contributed by atoms with van der Waals surface area (Å²) in [5, 5.41) is 2.57. The number of rotatable bonds is 2. The van der Waals surface area contributed by atoms with Crippen LogP contribution in [-0.4, -0.2) is 22.6 Å². The van der Waals surface area contributed by atoms with Crippen molar-refractivity contribution in [1.29, 1.82) is 0 Å². The number of hydrogen-bond acceptors (Lipinski definition) is 3. The first kappa shape index (κ1) is 14.0. The molecule has 0 aromatic heterocycles. The Morgan fingerprint density at radius 1 is 1.15 bits per heavy atom. The zero-order chi connectivity index (χ0) is 14.9. The highest BCUT2D eigenvalue weighted by atomic mass is 16.2. The smallest absolute Gasteiger partial charge is 0.311 e. The van der Waals surface area contributed by atoms with Gasteiger partial charge in [0, 0.05) is 18.2 Å². The molecule has 0 saturated heterocycles. The first-order valence-corrected chi connectivity index (χ1v) is 6.31. The highest BCUT2D eigenvalue weighted by Crippen LogP contribution is 2.33. The summed E-state index contributed by atoms with van der Waals surface area (Å²) in [7, 11) is 0.